The van der Waals surface area contributed by atoms with Gasteiger partial charge in [0, 0.05) is 6.54 Å². The zero-order valence-corrected chi connectivity index (χ0v) is 11.9. The Bertz CT molecular complexity index is 456. The highest BCUT2D eigenvalue weighted by atomic mass is 16.5. The van der Waals surface area contributed by atoms with Crippen molar-refractivity contribution in [2.45, 2.75) is 38.2 Å². The molecule has 0 aromatic heterocycles. The molecule has 1 saturated carbocycles. The second-order valence-electron chi connectivity index (χ2n) is 5.05. The Balaban J connectivity index is 2.01. The first-order valence-electron chi connectivity index (χ1n) is 7.06. The van der Waals surface area contributed by atoms with Crippen molar-refractivity contribution in [2.24, 2.45) is 5.73 Å². The van der Waals surface area contributed by atoms with E-state index < -0.39 is 6.03 Å². The molecule has 2 rings (SSSR count). The van der Waals surface area contributed by atoms with Crippen LogP contribution in [0.1, 0.15) is 31.2 Å². The van der Waals surface area contributed by atoms with E-state index in [1.54, 1.807) is 7.11 Å². The molecule has 1 aliphatic rings. The molecular weight excluding hydrogens is 256 g/mol. The number of nitrogens with one attached hydrogen (secondary N) is 1. The van der Waals surface area contributed by atoms with Gasteiger partial charge in [-0.3, -0.25) is 0 Å². The summed E-state index contributed by atoms with van der Waals surface area (Å²) < 4.78 is 11.4. The Labute approximate surface area is 119 Å². The van der Waals surface area contributed by atoms with E-state index in [9.17, 15) is 4.79 Å². The number of urea groups is 1. The molecule has 0 unspecified atom stereocenters. The number of amides is 2. The van der Waals surface area contributed by atoms with E-state index in [0.29, 0.717) is 19.1 Å². The molecule has 110 valence electrons. The number of primary amides is 1. The van der Waals surface area contributed by atoms with Crippen LogP contribution >= 0.6 is 0 Å². The smallest absolute Gasteiger partial charge is 0.312 e. The van der Waals surface area contributed by atoms with E-state index >= 15 is 0 Å². The van der Waals surface area contributed by atoms with E-state index in [4.69, 9.17) is 15.2 Å². The molecule has 1 aromatic rings. The Morgan fingerprint density at radius 3 is 2.75 bits per heavy atom. The molecule has 5 heteroatoms. The number of nitrogens with two attached hydrogens (primary N) is 1. The number of methoxy groups -OCH3 is 1. The fourth-order valence-corrected chi connectivity index (χ4v) is 2.48. The summed E-state index contributed by atoms with van der Waals surface area (Å²) in [6.07, 6.45) is 5.69. The van der Waals surface area contributed by atoms with Crippen LogP contribution in [-0.4, -0.2) is 25.8 Å². The van der Waals surface area contributed by atoms with Crippen LogP contribution in [0.25, 0.3) is 0 Å². The molecule has 0 atom stereocenters. The molecule has 3 N–H and O–H groups in total. The highest BCUT2D eigenvalue weighted by Gasteiger charge is 2.18. The van der Waals surface area contributed by atoms with Crippen molar-refractivity contribution in [1.82, 2.24) is 5.32 Å². The average Bonchev–Trinajstić information content (AvgIpc) is 2.91. The molecule has 1 fully saturated rings. The SMILES string of the molecule is COc1ccc(CCNC(N)=O)cc1OC1CCCC1. The van der Waals surface area contributed by atoms with Crippen LogP contribution in [0.2, 0.25) is 0 Å². The predicted molar refractivity (Wildman–Crippen MR) is 77.2 cm³/mol. The fourth-order valence-electron chi connectivity index (χ4n) is 2.48. The lowest BCUT2D eigenvalue weighted by Gasteiger charge is -2.17. The first kappa shape index (κ1) is 14.5. The second-order valence-corrected chi connectivity index (χ2v) is 5.05. The highest BCUT2D eigenvalue weighted by molar-refractivity contribution is 5.71. The van der Waals surface area contributed by atoms with E-state index in [0.717, 1.165) is 29.9 Å². The molecule has 0 bridgehead atoms. The normalized spacial score (nSPS) is 15.1. The molecule has 0 spiro atoms. The molecule has 0 aliphatic heterocycles. The largest absolute Gasteiger partial charge is 0.493 e. The van der Waals surface area contributed by atoms with Gasteiger partial charge in [-0.2, -0.15) is 0 Å². The van der Waals surface area contributed by atoms with Crippen LogP contribution in [0.3, 0.4) is 0 Å². The van der Waals surface area contributed by atoms with Crippen LogP contribution in [0, 0.1) is 0 Å². The van der Waals surface area contributed by atoms with Gasteiger partial charge in [-0.15, -0.1) is 0 Å². The maximum atomic E-state index is 10.7. The average molecular weight is 278 g/mol. The summed E-state index contributed by atoms with van der Waals surface area (Å²) in [6.45, 7) is 0.518. The summed E-state index contributed by atoms with van der Waals surface area (Å²) >= 11 is 0. The lowest BCUT2D eigenvalue weighted by atomic mass is 10.1. The molecule has 20 heavy (non-hydrogen) atoms. The van der Waals surface area contributed by atoms with Crippen molar-refractivity contribution in [1.29, 1.82) is 0 Å². The van der Waals surface area contributed by atoms with E-state index in [-0.39, 0.29) is 0 Å². The minimum Gasteiger partial charge on any atom is -0.493 e. The zero-order chi connectivity index (χ0) is 14.4. The number of hydrogen-bond donors (Lipinski definition) is 2. The van der Waals surface area contributed by atoms with Crippen molar-refractivity contribution >= 4 is 6.03 Å². The standard InChI is InChI=1S/C15H22N2O3/c1-19-13-7-6-11(8-9-17-15(16)18)10-14(13)20-12-4-2-3-5-12/h6-7,10,12H,2-5,8-9H2,1H3,(H3,16,17,18). The van der Waals surface area contributed by atoms with E-state index in [1.165, 1.54) is 12.8 Å². The van der Waals surface area contributed by atoms with Crippen LogP contribution in [-0.2, 0) is 6.42 Å². The first-order valence-corrected chi connectivity index (χ1v) is 7.06. The maximum absolute atomic E-state index is 10.7. The van der Waals surface area contributed by atoms with Crippen molar-refractivity contribution in [3.8, 4) is 11.5 Å². The van der Waals surface area contributed by atoms with Gasteiger partial charge in [0.25, 0.3) is 0 Å². The molecule has 1 aliphatic carbocycles. The molecule has 0 heterocycles. The van der Waals surface area contributed by atoms with Gasteiger partial charge in [0.15, 0.2) is 11.5 Å². The Morgan fingerprint density at radius 2 is 2.10 bits per heavy atom. The number of carbonyl (C=O) groups is 1. The molecule has 1 aromatic carbocycles. The number of benzene rings is 1. The van der Waals surface area contributed by atoms with E-state index in [1.807, 2.05) is 18.2 Å². The lowest BCUT2D eigenvalue weighted by molar-refractivity contribution is 0.200. The summed E-state index contributed by atoms with van der Waals surface area (Å²) in [5.41, 5.74) is 6.14. The van der Waals surface area contributed by atoms with Gasteiger partial charge in [-0.05, 0) is 49.8 Å². The fraction of sp³-hybridized carbons (Fsp3) is 0.533. The Morgan fingerprint density at radius 1 is 1.35 bits per heavy atom. The zero-order valence-electron chi connectivity index (χ0n) is 11.9. The third kappa shape index (κ3) is 4.05. The minimum absolute atomic E-state index is 0.294. The van der Waals surface area contributed by atoms with Crippen molar-refractivity contribution in [3.63, 3.8) is 0 Å². The van der Waals surface area contributed by atoms with Gasteiger partial charge in [-0.25, -0.2) is 4.79 Å². The van der Waals surface area contributed by atoms with Crippen LogP contribution in [0.15, 0.2) is 18.2 Å². The van der Waals surface area contributed by atoms with Crippen LogP contribution in [0.5, 0.6) is 11.5 Å². The summed E-state index contributed by atoms with van der Waals surface area (Å²) in [5, 5.41) is 2.58. The van der Waals surface area contributed by atoms with Gasteiger partial charge in [-0.1, -0.05) is 6.07 Å². The van der Waals surface area contributed by atoms with Crippen molar-refractivity contribution in [2.75, 3.05) is 13.7 Å². The number of ether oxygens (including phenoxy) is 2. The third-order valence-electron chi connectivity index (χ3n) is 3.54. The third-order valence-corrected chi connectivity index (χ3v) is 3.54. The van der Waals surface area contributed by atoms with Crippen molar-refractivity contribution in [3.05, 3.63) is 23.8 Å². The van der Waals surface area contributed by atoms with Crippen LogP contribution in [0.4, 0.5) is 4.79 Å². The van der Waals surface area contributed by atoms with Crippen molar-refractivity contribution < 1.29 is 14.3 Å². The first-order chi connectivity index (χ1) is 9.69. The summed E-state index contributed by atoms with van der Waals surface area (Å²) in [6, 6.07) is 5.37. The monoisotopic (exact) mass is 278 g/mol. The van der Waals surface area contributed by atoms with Gasteiger partial charge in [0.2, 0.25) is 0 Å². The van der Waals surface area contributed by atoms with Gasteiger partial charge < -0.3 is 20.5 Å². The molecule has 0 saturated heterocycles. The molecular formula is C15H22N2O3. The minimum atomic E-state index is -0.499. The lowest BCUT2D eigenvalue weighted by Crippen LogP contribution is -2.30. The topological polar surface area (TPSA) is 73.6 Å². The summed E-state index contributed by atoms with van der Waals surface area (Å²) in [4.78, 5) is 10.7. The molecule has 0 radical (unpaired) electrons. The van der Waals surface area contributed by atoms with E-state index in [2.05, 4.69) is 5.32 Å². The van der Waals surface area contributed by atoms with Gasteiger partial charge in [0.1, 0.15) is 0 Å². The quantitative estimate of drug-likeness (QED) is 0.838. The summed E-state index contributed by atoms with van der Waals surface area (Å²) in [5.74, 6) is 1.54. The Kier molecular flexibility index (Phi) is 5.09. The molecule has 2 amide bonds. The number of carbonyl (C=O) groups excluding carboxylic acids is 1. The second kappa shape index (κ2) is 7.03. The predicted octanol–water partition coefficient (Wildman–Crippen LogP) is 2.23. The van der Waals surface area contributed by atoms with Crippen LogP contribution < -0.4 is 20.5 Å². The number of hydrogen-bond acceptors (Lipinski definition) is 3. The maximum Gasteiger partial charge on any atom is 0.312 e. The Hall–Kier alpha value is -1.91. The van der Waals surface area contributed by atoms with Gasteiger partial charge >= 0.3 is 6.03 Å². The number of rotatable bonds is 6. The molecule has 5 nitrogen and oxygen atoms in total. The highest BCUT2D eigenvalue weighted by Crippen LogP contribution is 2.32. The van der Waals surface area contributed by atoms with Gasteiger partial charge in [0.05, 0.1) is 13.2 Å². The summed E-state index contributed by atoms with van der Waals surface area (Å²) in [7, 11) is 1.64.